The Kier molecular flexibility index (Phi) is 5.29. The smallest absolute Gasteiger partial charge is 0.255 e. The summed E-state index contributed by atoms with van der Waals surface area (Å²) < 4.78 is 5.22. The number of ether oxygens (including phenoxy) is 1. The number of rotatable bonds is 6. The van der Waals surface area contributed by atoms with Gasteiger partial charge in [0, 0.05) is 17.8 Å². The average molecular weight is 346 g/mol. The highest BCUT2D eigenvalue weighted by Gasteiger charge is 2.03. The van der Waals surface area contributed by atoms with Crippen LogP contribution in [0.5, 0.6) is 5.75 Å². The molecule has 5 nitrogen and oxygen atoms in total. The summed E-state index contributed by atoms with van der Waals surface area (Å²) in [4.78, 5) is 23.0. The monoisotopic (exact) mass is 346 g/mol. The molecular weight excluding hydrogens is 328 g/mol. The van der Waals surface area contributed by atoms with Gasteiger partial charge < -0.3 is 15.8 Å². The lowest BCUT2D eigenvalue weighted by Crippen LogP contribution is -2.20. The van der Waals surface area contributed by atoms with Gasteiger partial charge in [0.05, 0.1) is 0 Å². The number of carbonyl (C=O) groups excluding carboxylic acids is 2. The Labute approximate surface area is 151 Å². The Hall–Kier alpha value is -3.60. The molecule has 0 radical (unpaired) electrons. The van der Waals surface area contributed by atoms with Gasteiger partial charge in [0.15, 0.2) is 6.61 Å². The van der Waals surface area contributed by atoms with Crippen molar-refractivity contribution in [2.45, 2.75) is 0 Å². The third kappa shape index (κ3) is 4.48. The van der Waals surface area contributed by atoms with Gasteiger partial charge in [-0.3, -0.25) is 9.59 Å². The molecule has 0 bridgehead atoms. The lowest BCUT2D eigenvalue weighted by atomic mass is 10.0. The second-order valence-electron chi connectivity index (χ2n) is 5.67. The van der Waals surface area contributed by atoms with E-state index in [0.29, 0.717) is 11.4 Å². The predicted molar refractivity (Wildman–Crippen MR) is 103 cm³/mol. The average Bonchev–Trinajstić information content (AvgIpc) is 2.65. The molecular formula is C21H18N2O3. The fourth-order valence-electron chi connectivity index (χ4n) is 2.56. The molecule has 0 spiro atoms. The van der Waals surface area contributed by atoms with Gasteiger partial charge in [-0.25, -0.2) is 0 Å². The first-order valence-corrected chi connectivity index (χ1v) is 8.10. The van der Waals surface area contributed by atoms with Crippen molar-refractivity contribution in [3.8, 4) is 5.75 Å². The van der Waals surface area contributed by atoms with E-state index in [1.165, 1.54) is 6.08 Å². The normalized spacial score (nSPS) is 10.8. The molecule has 0 aromatic heterocycles. The van der Waals surface area contributed by atoms with Gasteiger partial charge in [-0.2, -0.15) is 0 Å². The van der Waals surface area contributed by atoms with Crippen molar-refractivity contribution in [1.29, 1.82) is 0 Å². The molecule has 0 saturated heterocycles. The number of hydrogen-bond donors (Lipinski definition) is 2. The van der Waals surface area contributed by atoms with Crippen LogP contribution in [-0.2, 0) is 9.59 Å². The summed E-state index contributed by atoms with van der Waals surface area (Å²) in [7, 11) is 0. The molecule has 0 unspecified atom stereocenters. The maximum absolute atomic E-state index is 12.2. The molecule has 0 atom stereocenters. The van der Waals surface area contributed by atoms with Crippen LogP contribution < -0.4 is 15.8 Å². The molecule has 2 amide bonds. The van der Waals surface area contributed by atoms with Crippen molar-refractivity contribution in [3.63, 3.8) is 0 Å². The van der Waals surface area contributed by atoms with E-state index in [4.69, 9.17) is 10.5 Å². The first-order chi connectivity index (χ1) is 12.6. The third-order valence-electron chi connectivity index (χ3n) is 3.72. The fraction of sp³-hybridized carbons (Fsp3) is 0.0476. The van der Waals surface area contributed by atoms with Crippen LogP contribution >= 0.6 is 0 Å². The minimum Gasteiger partial charge on any atom is -0.484 e. The summed E-state index contributed by atoms with van der Waals surface area (Å²) in [6.07, 6.45) is 3.27. The summed E-state index contributed by atoms with van der Waals surface area (Å²) in [5.41, 5.74) is 6.59. The SMILES string of the molecule is NC(=O)COc1cccc(NC(=O)C=Cc2cccc3ccccc23)c1. The zero-order chi connectivity index (χ0) is 18.4. The van der Waals surface area contributed by atoms with Crippen molar-refractivity contribution in [2.75, 3.05) is 11.9 Å². The van der Waals surface area contributed by atoms with E-state index in [0.717, 1.165) is 16.3 Å². The van der Waals surface area contributed by atoms with Crippen molar-refractivity contribution in [1.82, 2.24) is 0 Å². The van der Waals surface area contributed by atoms with E-state index in [9.17, 15) is 9.59 Å². The third-order valence-corrected chi connectivity index (χ3v) is 3.72. The highest BCUT2D eigenvalue weighted by molar-refractivity contribution is 6.03. The Bertz CT molecular complexity index is 974. The zero-order valence-corrected chi connectivity index (χ0v) is 14.0. The minimum atomic E-state index is -0.558. The molecule has 0 aliphatic rings. The molecule has 0 aliphatic heterocycles. The number of primary amides is 1. The number of nitrogens with two attached hydrogens (primary N) is 1. The van der Waals surface area contributed by atoms with Gasteiger partial charge in [-0.05, 0) is 34.5 Å². The van der Waals surface area contributed by atoms with Gasteiger partial charge in [0.25, 0.3) is 5.91 Å². The van der Waals surface area contributed by atoms with E-state index < -0.39 is 5.91 Å². The van der Waals surface area contributed by atoms with Crippen molar-refractivity contribution in [3.05, 3.63) is 78.4 Å². The van der Waals surface area contributed by atoms with Gasteiger partial charge in [-0.15, -0.1) is 0 Å². The standard InChI is InChI=1S/C21H18N2O3/c22-20(24)14-26-18-9-4-8-17(13-18)23-21(25)12-11-16-7-3-6-15-5-1-2-10-19(15)16/h1-13H,14H2,(H2,22,24)(H,23,25). The molecule has 3 aromatic rings. The Balaban J connectivity index is 1.69. The molecule has 26 heavy (non-hydrogen) atoms. The molecule has 5 heteroatoms. The Morgan fingerprint density at radius 1 is 1.00 bits per heavy atom. The molecule has 0 saturated carbocycles. The lowest BCUT2D eigenvalue weighted by molar-refractivity contribution is -0.120. The van der Waals surface area contributed by atoms with Crippen LogP contribution in [0.2, 0.25) is 0 Å². The van der Waals surface area contributed by atoms with Gasteiger partial charge in [0.2, 0.25) is 5.91 Å². The van der Waals surface area contributed by atoms with Crippen molar-refractivity contribution < 1.29 is 14.3 Å². The highest BCUT2D eigenvalue weighted by atomic mass is 16.5. The molecule has 0 fully saturated rings. The van der Waals surface area contributed by atoms with Gasteiger partial charge >= 0.3 is 0 Å². The lowest BCUT2D eigenvalue weighted by Gasteiger charge is -2.07. The first kappa shape index (κ1) is 17.2. The number of fused-ring (bicyclic) bond motifs is 1. The van der Waals surface area contributed by atoms with E-state index in [1.807, 2.05) is 42.5 Å². The predicted octanol–water partition coefficient (Wildman–Crippen LogP) is 3.36. The van der Waals surface area contributed by atoms with Crippen LogP contribution in [0.4, 0.5) is 5.69 Å². The molecule has 130 valence electrons. The van der Waals surface area contributed by atoms with Crippen LogP contribution in [0.25, 0.3) is 16.8 Å². The van der Waals surface area contributed by atoms with Gasteiger partial charge in [-0.1, -0.05) is 48.5 Å². The van der Waals surface area contributed by atoms with Crippen LogP contribution in [-0.4, -0.2) is 18.4 Å². The summed E-state index contributed by atoms with van der Waals surface area (Å²) in [6.45, 7) is -0.210. The Morgan fingerprint density at radius 3 is 2.62 bits per heavy atom. The largest absolute Gasteiger partial charge is 0.484 e. The van der Waals surface area contributed by atoms with Crippen LogP contribution in [0, 0.1) is 0 Å². The van der Waals surface area contributed by atoms with Crippen LogP contribution in [0.15, 0.2) is 72.8 Å². The summed E-state index contributed by atoms with van der Waals surface area (Å²) >= 11 is 0. The number of nitrogens with one attached hydrogen (secondary N) is 1. The van der Waals surface area contributed by atoms with Crippen molar-refractivity contribution in [2.24, 2.45) is 5.73 Å². The summed E-state index contributed by atoms with van der Waals surface area (Å²) in [5, 5.41) is 4.97. The molecule has 3 N–H and O–H groups in total. The second-order valence-corrected chi connectivity index (χ2v) is 5.67. The number of anilines is 1. The summed E-state index contributed by atoms with van der Waals surface area (Å²) in [6, 6.07) is 20.7. The maximum atomic E-state index is 12.2. The number of benzene rings is 3. The van der Waals surface area contributed by atoms with E-state index in [-0.39, 0.29) is 12.5 Å². The molecule has 0 aliphatic carbocycles. The van der Waals surface area contributed by atoms with E-state index in [2.05, 4.69) is 5.32 Å². The number of amides is 2. The number of carbonyl (C=O) groups is 2. The molecule has 0 heterocycles. The van der Waals surface area contributed by atoms with Gasteiger partial charge in [0.1, 0.15) is 5.75 Å². The van der Waals surface area contributed by atoms with E-state index >= 15 is 0 Å². The Morgan fingerprint density at radius 2 is 1.77 bits per heavy atom. The number of hydrogen-bond acceptors (Lipinski definition) is 3. The van der Waals surface area contributed by atoms with Crippen LogP contribution in [0.1, 0.15) is 5.56 Å². The maximum Gasteiger partial charge on any atom is 0.255 e. The van der Waals surface area contributed by atoms with Crippen molar-refractivity contribution >= 4 is 34.4 Å². The summed E-state index contributed by atoms with van der Waals surface area (Å²) in [5.74, 6) is -0.359. The quantitative estimate of drug-likeness (QED) is 0.672. The first-order valence-electron chi connectivity index (χ1n) is 8.10. The fourth-order valence-corrected chi connectivity index (χ4v) is 2.56. The topological polar surface area (TPSA) is 81.4 Å². The zero-order valence-electron chi connectivity index (χ0n) is 14.0. The second kappa shape index (κ2) is 7.98. The molecule has 3 aromatic carbocycles. The minimum absolute atomic E-state index is 0.210. The molecule has 3 rings (SSSR count). The van der Waals surface area contributed by atoms with E-state index in [1.54, 1.807) is 30.3 Å². The van der Waals surface area contributed by atoms with Crippen LogP contribution in [0.3, 0.4) is 0 Å². The highest BCUT2D eigenvalue weighted by Crippen LogP contribution is 2.20.